The minimum Gasteiger partial charge on any atom is -0.497 e. The summed E-state index contributed by atoms with van der Waals surface area (Å²) in [6.07, 6.45) is 0.776. The molecule has 0 saturated carbocycles. The maximum absolute atomic E-state index is 12.8. The van der Waals surface area contributed by atoms with Crippen molar-refractivity contribution in [3.63, 3.8) is 0 Å². The van der Waals surface area contributed by atoms with Crippen molar-refractivity contribution in [2.45, 2.75) is 13.3 Å². The number of amides is 3. The summed E-state index contributed by atoms with van der Waals surface area (Å²) in [6, 6.07) is 18.5. The predicted octanol–water partition coefficient (Wildman–Crippen LogP) is 4.21. The third-order valence-corrected chi connectivity index (χ3v) is 7.13. The first kappa shape index (κ1) is 26.2. The molecule has 0 bridgehead atoms. The van der Waals surface area contributed by atoms with Crippen LogP contribution in [0.15, 0.2) is 66.0 Å². The lowest BCUT2D eigenvalue weighted by Crippen LogP contribution is -2.48. The molecule has 3 amide bonds. The highest BCUT2D eigenvalue weighted by molar-refractivity contribution is 7.12. The molecule has 1 aromatic heterocycles. The van der Waals surface area contributed by atoms with Gasteiger partial charge in [0.15, 0.2) is 0 Å². The quantitative estimate of drug-likeness (QED) is 0.457. The van der Waals surface area contributed by atoms with E-state index in [-0.39, 0.29) is 24.3 Å². The second kappa shape index (κ2) is 12.4. The van der Waals surface area contributed by atoms with Crippen LogP contribution < -0.4 is 15.0 Å². The second-order valence-corrected chi connectivity index (χ2v) is 9.75. The first-order valence-electron chi connectivity index (χ1n) is 12.4. The monoisotopic (exact) mass is 520 g/mol. The first-order chi connectivity index (χ1) is 18.0. The van der Waals surface area contributed by atoms with Gasteiger partial charge in [-0.25, -0.2) is 0 Å². The van der Waals surface area contributed by atoms with Crippen molar-refractivity contribution < 1.29 is 19.1 Å². The van der Waals surface area contributed by atoms with Crippen LogP contribution in [0.4, 0.5) is 11.4 Å². The van der Waals surface area contributed by atoms with Gasteiger partial charge in [-0.1, -0.05) is 13.0 Å². The van der Waals surface area contributed by atoms with E-state index in [1.165, 1.54) is 11.3 Å². The summed E-state index contributed by atoms with van der Waals surface area (Å²) in [4.78, 5) is 44.5. The number of hydrogen-bond acceptors (Lipinski definition) is 6. The highest BCUT2D eigenvalue weighted by Gasteiger charge is 2.23. The summed E-state index contributed by atoms with van der Waals surface area (Å²) < 4.78 is 5.17. The van der Waals surface area contributed by atoms with Crippen molar-refractivity contribution in [2.24, 2.45) is 0 Å². The summed E-state index contributed by atoms with van der Waals surface area (Å²) in [5, 5.41) is 4.76. The molecule has 1 N–H and O–H groups in total. The highest BCUT2D eigenvalue weighted by atomic mass is 32.1. The van der Waals surface area contributed by atoms with E-state index in [1.54, 1.807) is 42.3 Å². The zero-order valence-corrected chi connectivity index (χ0v) is 22.0. The van der Waals surface area contributed by atoms with Gasteiger partial charge in [-0.05, 0) is 66.4 Å². The Labute approximate surface area is 221 Å². The number of methoxy groups -OCH3 is 1. The number of rotatable bonds is 9. The average molecular weight is 521 g/mol. The summed E-state index contributed by atoms with van der Waals surface area (Å²) in [5.41, 5.74) is 2.38. The van der Waals surface area contributed by atoms with Crippen LogP contribution in [0.5, 0.6) is 5.75 Å². The molecule has 0 unspecified atom stereocenters. The van der Waals surface area contributed by atoms with E-state index >= 15 is 0 Å². The van der Waals surface area contributed by atoms with Gasteiger partial charge >= 0.3 is 0 Å². The predicted molar refractivity (Wildman–Crippen MR) is 147 cm³/mol. The van der Waals surface area contributed by atoms with Gasteiger partial charge in [0, 0.05) is 49.7 Å². The molecule has 1 aliphatic heterocycles. The molecule has 37 heavy (non-hydrogen) atoms. The molecule has 0 atom stereocenters. The molecule has 0 aliphatic carbocycles. The standard InChI is InChI=1S/C28H32N4O4S/c1-3-14-32(28(35)25-5-4-19-37-25)20-26(33)29-22-8-10-23(11-9-22)30-15-17-31(18-16-30)27(34)21-6-12-24(36-2)13-7-21/h4-13,19H,3,14-18,20H2,1-2H3,(H,29,33). The SMILES string of the molecule is CCCN(CC(=O)Nc1ccc(N2CCN(C(=O)c3ccc(OC)cc3)CC2)cc1)C(=O)c1cccs1. The van der Waals surface area contributed by atoms with E-state index in [0.29, 0.717) is 35.8 Å². The van der Waals surface area contributed by atoms with Crippen LogP contribution in [0.2, 0.25) is 0 Å². The van der Waals surface area contributed by atoms with Gasteiger partial charge < -0.3 is 24.8 Å². The molecule has 2 aromatic carbocycles. The van der Waals surface area contributed by atoms with Gasteiger partial charge in [0.25, 0.3) is 11.8 Å². The van der Waals surface area contributed by atoms with E-state index in [9.17, 15) is 14.4 Å². The molecule has 1 saturated heterocycles. The van der Waals surface area contributed by atoms with Gasteiger partial charge in [-0.3, -0.25) is 14.4 Å². The topological polar surface area (TPSA) is 82.2 Å². The summed E-state index contributed by atoms with van der Waals surface area (Å²) in [6.45, 7) is 5.24. The Balaban J connectivity index is 1.28. The number of nitrogens with zero attached hydrogens (tertiary/aromatic N) is 3. The molecular formula is C28H32N4O4S. The van der Waals surface area contributed by atoms with Crippen LogP contribution in [-0.2, 0) is 4.79 Å². The number of carbonyl (C=O) groups excluding carboxylic acids is 3. The van der Waals surface area contributed by atoms with Crippen molar-refractivity contribution in [2.75, 3.05) is 56.6 Å². The number of hydrogen-bond donors (Lipinski definition) is 1. The minimum absolute atomic E-state index is 0.0104. The molecule has 0 radical (unpaired) electrons. The zero-order valence-electron chi connectivity index (χ0n) is 21.2. The largest absolute Gasteiger partial charge is 0.497 e. The molecule has 1 aliphatic rings. The number of ether oxygens (including phenoxy) is 1. The Hall–Kier alpha value is -3.85. The van der Waals surface area contributed by atoms with E-state index < -0.39 is 0 Å². The smallest absolute Gasteiger partial charge is 0.264 e. The van der Waals surface area contributed by atoms with Gasteiger partial charge in [0.05, 0.1) is 12.0 Å². The second-order valence-electron chi connectivity index (χ2n) is 8.81. The van der Waals surface area contributed by atoms with E-state index in [4.69, 9.17) is 4.74 Å². The fraction of sp³-hybridized carbons (Fsp3) is 0.321. The molecule has 194 valence electrons. The highest BCUT2D eigenvalue weighted by Crippen LogP contribution is 2.21. The lowest BCUT2D eigenvalue weighted by molar-refractivity contribution is -0.116. The minimum atomic E-state index is -0.225. The van der Waals surface area contributed by atoms with Crippen molar-refractivity contribution >= 4 is 40.4 Å². The zero-order chi connectivity index (χ0) is 26.2. The summed E-state index contributed by atoms with van der Waals surface area (Å²) >= 11 is 1.38. The third kappa shape index (κ3) is 6.68. The Kier molecular flexibility index (Phi) is 8.79. The molecule has 0 spiro atoms. The van der Waals surface area contributed by atoms with E-state index in [1.807, 2.05) is 47.5 Å². The van der Waals surface area contributed by atoms with E-state index in [0.717, 1.165) is 30.9 Å². The first-order valence-corrected chi connectivity index (χ1v) is 13.3. The van der Waals surface area contributed by atoms with Crippen molar-refractivity contribution in [3.8, 4) is 5.75 Å². The van der Waals surface area contributed by atoms with Gasteiger partial charge in [-0.15, -0.1) is 11.3 Å². The van der Waals surface area contributed by atoms with Gasteiger partial charge in [-0.2, -0.15) is 0 Å². The number of carbonyl (C=O) groups is 3. The Bertz CT molecular complexity index is 1190. The molecule has 2 heterocycles. The number of anilines is 2. The van der Waals surface area contributed by atoms with Crippen LogP contribution in [0.3, 0.4) is 0 Å². The van der Waals surface area contributed by atoms with Gasteiger partial charge in [0.2, 0.25) is 5.91 Å². The average Bonchev–Trinajstić information content (AvgIpc) is 3.48. The van der Waals surface area contributed by atoms with Crippen molar-refractivity contribution in [1.82, 2.24) is 9.80 Å². The number of nitrogens with one attached hydrogen (secondary N) is 1. The summed E-state index contributed by atoms with van der Waals surface area (Å²) in [7, 11) is 1.60. The van der Waals surface area contributed by atoms with Crippen LogP contribution in [-0.4, -0.2) is 73.9 Å². The lowest BCUT2D eigenvalue weighted by Gasteiger charge is -2.36. The summed E-state index contributed by atoms with van der Waals surface area (Å²) in [5.74, 6) is 0.407. The molecule has 8 nitrogen and oxygen atoms in total. The Morgan fingerprint density at radius 3 is 2.27 bits per heavy atom. The van der Waals surface area contributed by atoms with Crippen LogP contribution in [0, 0.1) is 0 Å². The molecule has 1 fully saturated rings. The maximum atomic E-state index is 12.8. The molecule has 9 heteroatoms. The fourth-order valence-corrected chi connectivity index (χ4v) is 4.98. The van der Waals surface area contributed by atoms with E-state index in [2.05, 4.69) is 10.2 Å². The number of benzene rings is 2. The molecular weight excluding hydrogens is 488 g/mol. The van der Waals surface area contributed by atoms with Crippen LogP contribution in [0.25, 0.3) is 0 Å². The fourth-order valence-electron chi connectivity index (χ4n) is 4.29. The van der Waals surface area contributed by atoms with Crippen LogP contribution in [0.1, 0.15) is 33.4 Å². The molecule has 4 rings (SSSR count). The maximum Gasteiger partial charge on any atom is 0.264 e. The van der Waals surface area contributed by atoms with Gasteiger partial charge in [0.1, 0.15) is 12.3 Å². The number of thiophene rings is 1. The Morgan fingerprint density at radius 1 is 0.973 bits per heavy atom. The van der Waals surface area contributed by atoms with Crippen molar-refractivity contribution in [3.05, 3.63) is 76.5 Å². The van der Waals surface area contributed by atoms with Crippen molar-refractivity contribution in [1.29, 1.82) is 0 Å². The normalized spacial score (nSPS) is 13.2. The number of piperazine rings is 1. The van der Waals surface area contributed by atoms with Crippen LogP contribution >= 0.6 is 11.3 Å². The Morgan fingerprint density at radius 2 is 1.68 bits per heavy atom. The third-order valence-electron chi connectivity index (χ3n) is 6.27. The lowest BCUT2D eigenvalue weighted by atomic mass is 10.1. The molecule has 3 aromatic rings.